The topological polar surface area (TPSA) is 75.3 Å². The monoisotopic (exact) mass is 310 g/mol. The van der Waals surface area contributed by atoms with Gasteiger partial charge in [-0.15, -0.1) is 0 Å². The van der Waals surface area contributed by atoms with Gasteiger partial charge >= 0.3 is 0 Å². The Morgan fingerprint density at radius 1 is 0.913 bits per heavy atom. The van der Waals surface area contributed by atoms with Crippen molar-refractivity contribution in [3.63, 3.8) is 0 Å². The van der Waals surface area contributed by atoms with E-state index in [0.29, 0.717) is 16.8 Å². The quantitative estimate of drug-likeness (QED) is 0.834. The Morgan fingerprint density at radius 2 is 1.57 bits per heavy atom. The molecule has 2 N–H and O–H groups in total. The average Bonchev–Trinajstić information content (AvgIpc) is 2.55. The summed E-state index contributed by atoms with van der Waals surface area (Å²) < 4.78 is 0. The van der Waals surface area contributed by atoms with E-state index in [1.54, 1.807) is 55.5 Å². The summed E-state index contributed by atoms with van der Waals surface area (Å²) in [5.41, 5.74) is 1.53. The molecule has 2 rings (SSSR count). The molecule has 2 aromatic carbocycles. The minimum absolute atomic E-state index is 0.0773. The van der Waals surface area contributed by atoms with E-state index in [0.717, 1.165) is 0 Å². The number of rotatable bonds is 5. The second-order valence-corrected chi connectivity index (χ2v) is 5.19. The Labute approximate surface area is 134 Å². The fourth-order valence-corrected chi connectivity index (χ4v) is 2.00. The van der Waals surface area contributed by atoms with Crippen molar-refractivity contribution >= 4 is 23.3 Å². The van der Waals surface area contributed by atoms with E-state index in [4.69, 9.17) is 0 Å². The van der Waals surface area contributed by atoms with Crippen molar-refractivity contribution in [2.75, 3.05) is 5.32 Å². The Morgan fingerprint density at radius 3 is 2.22 bits per heavy atom. The number of hydrogen-bond acceptors (Lipinski definition) is 3. The highest BCUT2D eigenvalue weighted by atomic mass is 16.2. The second kappa shape index (κ2) is 7.35. The molecule has 0 unspecified atom stereocenters. The van der Waals surface area contributed by atoms with Gasteiger partial charge in [0.05, 0.1) is 0 Å². The maximum atomic E-state index is 12.1. The minimum atomic E-state index is -0.705. The van der Waals surface area contributed by atoms with Crippen LogP contribution in [0.15, 0.2) is 54.6 Å². The van der Waals surface area contributed by atoms with Crippen LogP contribution in [0.25, 0.3) is 0 Å². The molecule has 0 saturated carbocycles. The third-order valence-electron chi connectivity index (χ3n) is 3.31. The van der Waals surface area contributed by atoms with Crippen LogP contribution in [0.2, 0.25) is 0 Å². The summed E-state index contributed by atoms with van der Waals surface area (Å²) in [7, 11) is 0. The van der Waals surface area contributed by atoms with E-state index in [9.17, 15) is 14.4 Å². The smallest absolute Gasteiger partial charge is 0.251 e. The number of benzene rings is 2. The van der Waals surface area contributed by atoms with Gasteiger partial charge < -0.3 is 10.6 Å². The molecule has 23 heavy (non-hydrogen) atoms. The van der Waals surface area contributed by atoms with Crippen LogP contribution in [0.4, 0.5) is 5.69 Å². The molecule has 2 amide bonds. The Kier molecular flexibility index (Phi) is 5.25. The molecule has 0 aromatic heterocycles. The maximum absolute atomic E-state index is 12.1. The highest BCUT2D eigenvalue weighted by molar-refractivity contribution is 6.01. The summed E-state index contributed by atoms with van der Waals surface area (Å²) >= 11 is 0. The van der Waals surface area contributed by atoms with Crippen LogP contribution in [0.5, 0.6) is 0 Å². The number of hydrogen-bond donors (Lipinski definition) is 2. The fraction of sp³-hybridized carbons (Fsp3) is 0.167. The first-order chi connectivity index (χ1) is 11.0. The Balaban J connectivity index is 1.99. The van der Waals surface area contributed by atoms with E-state index in [2.05, 4.69) is 10.6 Å². The molecule has 5 heteroatoms. The molecule has 2 aromatic rings. The molecule has 0 aliphatic rings. The molecule has 0 heterocycles. The zero-order chi connectivity index (χ0) is 16.8. The molecule has 118 valence electrons. The van der Waals surface area contributed by atoms with E-state index < -0.39 is 6.04 Å². The van der Waals surface area contributed by atoms with Gasteiger partial charge in [0.25, 0.3) is 5.91 Å². The SMILES string of the molecule is CC(=O)c1cccc(NC(=O)[C@@H](C)NC(=O)c2ccccc2)c1. The van der Waals surface area contributed by atoms with Crippen LogP contribution in [-0.4, -0.2) is 23.6 Å². The lowest BCUT2D eigenvalue weighted by molar-refractivity contribution is -0.117. The van der Waals surface area contributed by atoms with Crippen LogP contribution in [0, 0.1) is 0 Å². The number of ketones is 1. The zero-order valence-corrected chi connectivity index (χ0v) is 13.0. The molecule has 0 bridgehead atoms. The number of carbonyl (C=O) groups is 3. The Bertz CT molecular complexity index is 726. The fourth-order valence-electron chi connectivity index (χ4n) is 2.00. The van der Waals surface area contributed by atoms with E-state index in [-0.39, 0.29) is 17.6 Å². The minimum Gasteiger partial charge on any atom is -0.341 e. The highest BCUT2D eigenvalue weighted by Gasteiger charge is 2.16. The molecule has 0 aliphatic carbocycles. The van der Waals surface area contributed by atoms with Crippen molar-refractivity contribution in [3.05, 3.63) is 65.7 Å². The molecular formula is C18H18N2O3. The first kappa shape index (κ1) is 16.4. The first-order valence-electron chi connectivity index (χ1n) is 7.25. The van der Waals surface area contributed by atoms with Crippen LogP contribution >= 0.6 is 0 Å². The number of anilines is 1. The van der Waals surface area contributed by atoms with Crippen LogP contribution < -0.4 is 10.6 Å². The standard InChI is InChI=1S/C18H18N2O3/c1-12(19-18(23)14-7-4-3-5-8-14)17(22)20-16-10-6-9-15(11-16)13(2)21/h3-12H,1-2H3,(H,19,23)(H,20,22)/t12-/m1/s1. The summed E-state index contributed by atoms with van der Waals surface area (Å²) in [6.45, 7) is 3.06. The third kappa shape index (κ3) is 4.51. The number of carbonyl (C=O) groups excluding carboxylic acids is 3. The number of nitrogens with one attached hydrogen (secondary N) is 2. The van der Waals surface area contributed by atoms with Crippen LogP contribution in [0.1, 0.15) is 34.6 Å². The second-order valence-electron chi connectivity index (χ2n) is 5.19. The van der Waals surface area contributed by atoms with Crippen molar-refractivity contribution in [1.82, 2.24) is 5.32 Å². The molecule has 0 spiro atoms. The summed E-state index contributed by atoms with van der Waals surface area (Å²) in [5.74, 6) is -0.743. The molecule has 0 aliphatic heterocycles. The lowest BCUT2D eigenvalue weighted by Crippen LogP contribution is -2.41. The van der Waals surface area contributed by atoms with Gasteiger partial charge in [0.1, 0.15) is 6.04 Å². The van der Waals surface area contributed by atoms with Gasteiger partial charge in [-0.25, -0.2) is 0 Å². The van der Waals surface area contributed by atoms with Crippen molar-refractivity contribution in [2.24, 2.45) is 0 Å². The largest absolute Gasteiger partial charge is 0.341 e. The molecule has 5 nitrogen and oxygen atoms in total. The highest BCUT2D eigenvalue weighted by Crippen LogP contribution is 2.11. The van der Waals surface area contributed by atoms with Gasteiger partial charge in [0, 0.05) is 16.8 Å². The predicted molar refractivity (Wildman–Crippen MR) is 88.4 cm³/mol. The summed E-state index contributed by atoms with van der Waals surface area (Å²) in [5, 5.41) is 5.32. The van der Waals surface area contributed by atoms with Crippen molar-refractivity contribution < 1.29 is 14.4 Å². The van der Waals surface area contributed by atoms with Crippen molar-refractivity contribution in [2.45, 2.75) is 19.9 Å². The molecule has 0 fully saturated rings. The van der Waals surface area contributed by atoms with Crippen LogP contribution in [0.3, 0.4) is 0 Å². The lowest BCUT2D eigenvalue weighted by Gasteiger charge is -2.14. The van der Waals surface area contributed by atoms with E-state index in [1.807, 2.05) is 6.07 Å². The van der Waals surface area contributed by atoms with Crippen molar-refractivity contribution in [1.29, 1.82) is 0 Å². The summed E-state index contributed by atoms with van der Waals surface area (Å²) in [6, 6.07) is 14.6. The van der Waals surface area contributed by atoms with Gasteiger partial charge in [-0.3, -0.25) is 14.4 Å². The Hall–Kier alpha value is -2.95. The van der Waals surface area contributed by atoms with Gasteiger partial charge in [0.15, 0.2) is 5.78 Å². The van der Waals surface area contributed by atoms with Crippen LogP contribution in [-0.2, 0) is 4.79 Å². The molecule has 0 radical (unpaired) electrons. The maximum Gasteiger partial charge on any atom is 0.251 e. The molecule has 0 saturated heterocycles. The lowest BCUT2D eigenvalue weighted by atomic mass is 10.1. The number of Topliss-reactive ketones (excluding diaryl/α,β-unsaturated/α-hetero) is 1. The van der Waals surface area contributed by atoms with Gasteiger partial charge in [-0.1, -0.05) is 30.3 Å². The molecular weight excluding hydrogens is 292 g/mol. The van der Waals surface area contributed by atoms with E-state index >= 15 is 0 Å². The van der Waals surface area contributed by atoms with E-state index in [1.165, 1.54) is 6.92 Å². The summed E-state index contributed by atoms with van der Waals surface area (Å²) in [6.07, 6.45) is 0. The van der Waals surface area contributed by atoms with Crippen molar-refractivity contribution in [3.8, 4) is 0 Å². The van der Waals surface area contributed by atoms with Gasteiger partial charge in [-0.05, 0) is 38.1 Å². The van der Waals surface area contributed by atoms with Gasteiger partial charge in [0.2, 0.25) is 5.91 Å². The van der Waals surface area contributed by atoms with Gasteiger partial charge in [-0.2, -0.15) is 0 Å². The molecule has 1 atom stereocenters. The number of amides is 2. The first-order valence-corrected chi connectivity index (χ1v) is 7.25. The third-order valence-corrected chi connectivity index (χ3v) is 3.31. The normalized spacial score (nSPS) is 11.4. The predicted octanol–water partition coefficient (Wildman–Crippen LogP) is 2.65. The zero-order valence-electron chi connectivity index (χ0n) is 13.0. The summed E-state index contributed by atoms with van der Waals surface area (Å²) in [4.78, 5) is 35.5. The average molecular weight is 310 g/mol.